The van der Waals surface area contributed by atoms with Crippen molar-refractivity contribution in [2.75, 3.05) is 18.9 Å². The van der Waals surface area contributed by atoms with E-state index < -0.39 is 11.5 Å². The minimum absolute atomic E-state index is 0.180. The van der Waals surface area contributed by atoms with E-state index in [1.165, 1.54) is 4.90 Å². The minimum atomic E-state index is -1.67. The van der Waals surface area contributed by atoms with E-state index in [-0.39, 0.29) is 12.1 Å². The summed E-state index contributed by atoms with van der Waals surface area (Å²) in [6.45, 7) is 0.453. The van der Waals surface area contributed by atoms with E-state index in [9.17, 15) is 9.90 Å². The Hall–Kier alpha value is -4.12. The highest BCUT2D eigenvalue weighted by Gasteiger charge is 2.47. The summed E-state index contributed by atoms with van der Waals surface area (Å²) in [5.41, 5.74) is 0.994. The van der Waals surface area contributed by atoms with Crippen LogP contribution in [0.2, 0.25) is 0 Å². The number of aliphatic hydroxyl groups is 1. The number of anilines is 2. The van der Waals surface area contributed by atoms with Gasteiger partial charge in [0.2, 0.25) is 5.95 Å². The van der Waals surface area contributed by atoms with Crippen LogP contribution in [0.3, 0.4) is 0 Å². The number of likely N-dealkylation sites (tertiary alicyclic amines) is 1. The number of rotatable bonds is 5. The average molecular weight is 432 g/mol. The Kier molecular flexibility index (Phi) is 4.67. The van der Waals surface area contributed by atoms with Gasteiger partial charge in [-0.2, -0.15) is 5.10 Å². The van der Waals surface area contributed by atoms with Gasteiger partial charge in [0, 0.05) is 45.5 Å². The zero-order valence-corrected chi connectivity index (χ0v) is 17.4. The molecule has 5 heterocycles. The Morgan fingerprint density at radius 1 is 1.16 bits per heavy atom. The van der Waals surface area contributed by atoms with Gasteiger partial charge in [-0.25, -0.2) is 15.0 Å². The van der Waals surface area contributed by atoms with Crippen molar-refractivity contribution in [3.05, 3.63) is 54.6 Å². The molecule has 11 nitrogen and oxygen atoms in total. The topological polar surface area (TPSA) is 135 Å². The van der Waals surface area contributed by atoms with Gasteiger partial charge in [-0.1, -0.05) is 11.2 Å². The maximum absolute atomic E-state index is 12.3. The first-order chi connectivity index (χ1) is 15.4. The Morgan fingerprint density at radius 3 is 2.72 bits per heavy atom. The van der Waals surface area contributed by atoms with Crippen molar-refractivity contribution in [3.8, 4) is 22.8 Å². The van der Waals surface area contributed by atoms with E-state index in [1.807, 2.05) is 25.4 Å². The molecule has 1 aliphatic rings. The van der Waals surface area contributed by atoms with Crippen LogP contribution >= 0.6 is 0 Å². The summed E-state index contributed by atoms with van der Waals surface area (Å²) in [6, 6.07) is 8.70. The quantitative estimate of drug-likeness (QED) is 0.483. The highest BCUT2D eigenvalue weighted by Crippen LogP contribution is 2.34. The summed E-state index contributed by atoms with van der Waals surface area (Å²) in [7, 11) is 3.47. The second-order valence-electron chi connectivity index (χ2n) is 7.61. The summed E-state index contributed by atoms with van der Waals surface area (Å²) < 4.78 is 7.09. The number of likely N-dealkylation sites (N-methyl/N-ethyl adjacent to an activating group) is 1. The van der Waals surface area contributed by atoms with Crippen LogP contribution in [0.4, 0.5) is 11.6 Å². The molecule has 5 rings (SSSR count). The lowest BCUT2D eigenvalue weighted by Crippen LogP contribution is -2.36. The normalized spacial score (nSPS) is 18.3. The number of carbonyl (C=O) groups is 1. The molecule has 11 heteroatoms. The molecule has 162 valence electrons. The van der Waals surface area contributed by atoms with Gasteiger partial charge in [-0.15, -0.1) is 0 Å². The van der Waals surface area contributed by atoms with Crippen molar-refractivity contribution in [3.63, 3.8) is 0 Å². The second-order valence-corrected chi connectivity index (χ2v) is 7.61. The van der Waals surface area contributed by atoms with Crippen LogP contribution in [0.5, 0.6) is 0 Å². The first-order valence-corrected chi connectivity index (χ1v) is 9.94. The van der Waals surface area contributed by atoms with Crippen LogP contribution in [0.25, 0.3) is 22.8 Å². The van der Waals surface area contributed by atoms with Gasteiger partial charge in [-0.05, 0) is 18.2 Å². The Labute approximate surface area is 182 Å². The van der Waals surface area contributed by atoms with Crippen molar-refractivity contribution in [1.82, 2.24) is 34.8 Å². The molecule has 0 aliphatic carbocycles. The van der Waals surface area contributed by atoms with Crippen molar-refractivity contribution in [2.24, 2.45) is 7.05 Å². The molecular formula is C21H20N8O3. The SMILES string of the molecule is CN1CC[C@@](O)(c2cc(-c3cccc(-c4ccnc(Nc5cnn(C)c5)n4)n3)on2)C1=O. The monoisotopic (exact) mass is 432 g/mol. The molecular weight excluding hydrogens is 412 g/mol. The first kappa shape index (κ1) is 19.8. The number of nitrogens with zero attached hydrogens (tertiary/aromatic N) is 7. The third kappa shape index (κ3) is 3.48. The van der Waals surface area contributed by atoms with Crippen molar-refractivity contribution in [2.45, 2.75) is 12.0 Å². The van der Waals surface area contributed by atoms with E-state index in [0.29, 0.717) is 35.3 Å². The Balaban J connectivity index is 1.42. The zero-order chi connectivity index (χ0) is 22.3. The van der Waals surface area contributed by atoms with Gasteiger partial charge in [0.1, 0.15) is 11.4 Å². The Bertz CT molecular complexity index is 1300. The number of carbonyl (C=O) groups excluding carboxylic acids is 1. The molecule has 1 saturated heterocycles. The molecule has 0 spiro atoms. The average Bonchev–Trinajstić information content (AvgIpc) is 3.52. The van der Waals surface area contributed by atoms with Gasteiger partial charge in [-0.3, -0.25) is 9.48 Å². The van der Waals surface area contributed by atoms with Crippen molar-refractivity contribution >= 4 is 17.5 Å². The molecule has 0 bridgehead atoms. The molecule has 0 saturated carbocycles. The van der Waals surface area contributed by atoms with E-state index in [1.54, 1.807) is 42.3 Å². The number of amides is 1. The van der Waals surface area contributed by atoms with E-state index in [2.05, 4.69) is 30.5 Å². The summed E-state index contributed by atoms with van der Waals surface area (Å²) in [4.78, 5) is 27.2. The highest BCUT2D eigenvalue weighted by atomic mass is 16.5. The predicted octanol–water partition coefficient (Wildman–Crippen LogP) is 1.72. The smallest absolute Gasteiger partial charge is 0.260 e. The third-order valence-electron chi connectivity index (χ3n) is 5.32. The summed E-state index contributed by atoms with van der Waals surface area (Å²) in [5.74, 6) is 0.366. The molecule has 2 N–H and O–H groups in total. The summed E-state index contributed by atoms with van der Waals surface area (Å²) >= 11 is 0. The Morgan fingerprint density at radius 2 is 1.97 bits per heavy atom. The van der Waals surface area contributed by atoms with E-state index in [0.717, 1.165) is 5.69 Å². The number of hydrogen-bond acceptors (Lipinski definition) is 9. The number of aryl methyl sites for hydroxylation is 1. The largest absolute Gasteiger partial charge is 0.374 e. The fourth-order valence-electron chi connectivity index (χ4n) is 3.57. The van der Waals surface area contributed by atoms with Gasteiger partial charge < -0.3 is 19.8 Å². The molecule has 0 aromatic carbocycles. The predicted molar refractivity (Wildman–Crippen MR) is 113 cm³/mol. The third-order valence-corrected chi connectivity index (χ3v) is 5.32. The molecule has 1 aliphatic heterocycles. The highest BCUT2D eigenvalue weighted by molar-refractivity contribution is 5.88. The lowest BCUT2D eigenvalue weighted by atomic mass is 9.97. The summed E-state index contributed by atoms with van der Waals surface area (Å²) in [6.07, 6.45) is 5.39. The van der Waals surface area contributed by atoms with Gasteiger partial charge >= 0.3 is 0 Å². The van der Waals surface area contributed by atoms with Crippen molar-refractivity contribution < 1.29 is 14.4 Å². The molecule has 1 atom stereocenters. The zero-order valence-electron chi connectivity index (χ0n) is 17.4. The number of nitrogens with one attached hydrogen (secondary N) is 1. The van der Waals surface area contributed by atoms with Crippen LogP contribution in [0, 0.1) is 0 Å². The maximum Gasteiger partial charge on any atom is 0.260 e. The van der Waals surface area contributed by atoms with Crippen LogP contribution in [0.15, 0.2) is 53.4 Å². The minimum Gasteiger partial charge on any atom is -0.374 e. The van der Waals surface area contributed by atoms with Crippen molar-refractivity contribution in [1.29, 1.82) is 0 Å². The maximum atomic E-state index is 12.3. The lowest BCUT2D eigenvalue weighted by Gasteiger charge is -2.16. The molecule has 1 fully saturated rings. The van der Waals surface area contributed by atoms with Crippen LogP contribution in [0.1, 0.15) is 12.1 Å². The van der Waals surface area contributed by atoms with Gasteiger partial charge in [0.05, 0.1) is 23.3 Å². The van der Waals surface area contributed by atoms with Crippen LogP contribution in [-0.2, 0) is 17.4 Å². The fourth-order valence-corrected chi connectivity index (χ4v) is 3.57. The van der Waals surface area contributed by atoms with E-state index >= 15 is 0 Å². The van der Waals surface area contributed by atoms with Crippen LogP contribution in [-0.4, -0.2) is 59.4 Å². The fraction of sp³-hybridized carbons (Fsp3) is 0.238. The van der Waals surface area contributed by atoms with E-state index in [4.69, 9.17) is 4.52 Å². The molecule has 4 aromatic rings. The second kappa shape index (κ2) is 7.54. The van der Waals surface area contributed by atoms with Crippen LogP contribution < -0.4 is 5.32 Å². The van der Waals surface area contributed by atoms with Gasteiger partial charge in [0.25, 0.3) is 5.91 Å². The standard InChI is InChI=1S/C21H20N8O3/c1-28-9-7-21(31,19(28)30)18-10-17(32-27-18)16-5-3-4-14(25-16)15-6-8-22-20(26-15)24-13-11-23-29(2)12-13/h3-6,8,10-12,31H,7,9H2,1-2H3,(H,22,24,26)/t21-/m1/s1. The number of pyridine rings is 1. The molecule has 1 amide bonds. The molecule has 0 radical (unpaired) electrons. The lowest BCUT2D eigenvalue weighted by molar-refractivity contribution is -0.143. The summed E-state index contributed by atoms with van der Waals surface area (Å²) in [5, 5.41) is 21.9. The molecule has 4 aromatic heterocycles. The number of hydrogen-bond donors (Lipinski definition) is 2. The molecule has 0 unspecified atom stereocenters. The molecule has 32 heavy (non-hydrogen) atoms. The van der Waals surface area contributed by atoms with Gasteiger partial charge in [0.15, 0.2) is 11.4 Å². The first-order valence-electron chi connectivity index (χ1n) is 9.94. The number of aromatic nitrogens is 6.